The molecule has 0 spiro atoms. The Bertz CT molecular complexity index is 620. The molecule has 1 fully saturated rings. The molecule has 1 saturated carbocycles. The normalized spacial score (nSPS) is 14.0. The summed E-state index contributed by atoms with van der Waals surface area (Å²) >= 11 is 0. The van der Waals surface area contributed by atoms with Crippen LogP contribution in [-0.4, -0.2) is 27.3 Å². The van der Waals surface area contributed by atoms with Crippen LogP contribution >= 0.6 is 0 Å². The first-order valence-electron chi connectivity index (χ1n) is 7.06. The zero-order valence-corrected chi connectivity index (χ0v) is 12.0. The molecular formula is C15H18N4O2. The van der Waals surface area contributed by atoms with Gasteiger partial charge in [-0.05, 0) is 30.4 Å². The average molecular weight is 286 g/mol. The lowest BCUT2D eigenvalue weighted by atomic mass is 10.2. The molecule has 21 heavy (non-hydrogen) atoms. The second-order valence-electron chi connectivity index (χ2n) is 5.32. The Kier molecular flexibility index (Phi) is 3.85. The Balaban J connectivity index is 1.62. The zero-order valence-electron chi connectivity index (χ0n) is 12.0. The number of aromatic nitrogens is 3. The largest absolute Gasteiger partial charge is 0.476 e. The van der Waals surface area contributed by atoms with Gasteiger partial charge >= 0.3 is 0 Å². The maximum absolute atomic E-state index is 12.2. The van der Waals surface area contributed by atoms with Gasteiger partial charge in [-0.1, -0.05) is 6.07 Å². The number of carbonyl (C=O) groups is 1. The van der Waals surface area contributed by atoms with E-state index in [9.17, 15) is 4.79 Å². The van der Waals surface area contributed by atoms with Crippen LogP contribution in [0.2, 0.25) is 0 Å². The van der Waals surface area contributed by atoms with Gasteiger partial charge in [0, 0.05) is 32.2 Å². The Morgan fingerprint density at radius 2 is 2.38 bits per heavy atom. The topological polar surface area (TPSA) is 69.0 Å². The fraction of sp³-hybridized carbons (Fsp3) is 0.400. The van der Waals surface area contributed by atoms with Crippen LogP contribution in [0.15, 0.2) is 30.7 Å². The van der Waals surface area contributed by atoms with E-state index in [0.29, 0.717) is 30.5 Å². The highest BCUT2D eigenvalue weighted by Gasteiger charge is 2.24. The fourth-order valence-corrected chi connectivity index (χ4v) is 1.99. The highest BCUT2D eigenvalue weighted by atomic mass is 16.5. The first-order valence-corrected chi connectivity index (χ1v) is 7.06. The number of carbonyl (C=O) groups excluding carboxylic acids is 1. The molecule has 0 aliphatic heterocycles. The molecule has 1 amide bonds. The predicted molar refractivity (Wildman–Crippen MR) is 76.8 cm³/mol. The van der Waals surface area contributed by atoms with Crippen LogP contribution in [0.3, 0.4) is 0 Å². The standard InChI is InChI=1S/C15H18N4O2/c1-19-9-13(15(18-19)21-10-11-4-5-11)14(20)17-8-12-3-2-6-16-7-12/h2-3,6-7,9,11H,4-5,8,10H2,1H3,(H,17,20). The van der Waals surface area contributed by atoms with Gasteiger partial charge in [0.05, 0.1) is 6.61 Å². The number of amides is 1. The van der Waals surface area contributed by atoms with Gasteiger partial charge in [0.15, 0.2) is 0 Å². The zero-order chi connectivity index (χ0) is 14.7. The third-order valence-corrected chi connectivity index (χ3v) is 3.37. The Morgan fingerprint density at radius 1 is 1.52 bits per heavy atom. The molecule has 1 aliphatic carbocycles. The van der Waals surface area contributed by atoms with Gasteiger partial charge in [-0.2, -0.15) is 0 Å². The summed E-state index contributed by atoms with van der Waals surface area (Å²) < 4.78 is 7.25. The first kappa shape index (κ1) is 13.6. The lowest BCUT2D eigenvalue weighted by molar-refractivity contribution is 0.0946. The minimum Gasteiger partial charge on any atom is -0.476 e. The number of rotatable bonds is 6. The summed E-state index contributed by atoms with van der Waals surface area (Å²) in [7, 11) is 1.78. The minimum absolute atomic E-state index is 0.183. The van der Waals surface area contributed by atoms with Crippen molar-refractivity contribution in [3.63, 3.8) is 0 Å². The highest BCUT2D eigenvalue weighted by molar-refractivity contribution is 5.96. The summed E-state index contributed by atoms with van der Waals surface area (Å²) in [6, 6.07) is 3.76. The lowest BCUT2D eigenvalue weighted by Crippen LogP contribution is -2.23. The number of ether oxygens (including phenoxy) is 1. The number of hydrogen-bond acceptors (Lipinski definition) is 4. The molecule has 110 valence electrons. The lowest BCUT2D eigenvalue weighted by Gasteiger charge is -2.06. The van der Waals surface area contributed by atoms with Gasteiger partial charge in [0.25, 0.3) is 5.91 Å². The molecule has 3 rings (SSSR count). The van der Waals surface area contributed by atoms with Crippen molar-refractivity contribution in [3.05, 3.63) is 41.9 Å². The van der Waals surface area contributed by atoms with Crippen LogP contribution in [0.25, 0.3) is 0 Å². The maximum atomic E-state index is 12.2. The van der Waals surface area contributed by atoms with Crippen molar-refractivity contribution in [2.24, 2.45) is 13.0 Å². The molecule has 2 heterocycles. The predicted octanol–water partition coefficient (Wildman–Crippen LogP) is 1.53. The monoisotopic (exact) mass is 286 g/mol. The molecule has 0 atom stereocenters. The summed E-state index contributed by atoms with van der Waals surface area (Å²) in [5.41, 5.74) is 1.43. The van der Waals surface area contributed by atoms with Crippen molar-refractivity contribution < 1.29 is 9.53 Å². The molecule has 1 N–H and O–H groups in total. The van der Waals surface area contributed by atoms with Crippen LogP contribution in [0.1, 0.15) is 28.8 Å². The van der Waals surface area contributed by atoms with Crippen LogP contribution in [0, 0.1) is 5.92 Å². The van der Waals surface area contributed by atoms with Crippen LogP contribution < -0.4 is 10.1 Å². The molecule has 0 bridgehead atoms. The molecule has 0 aromatic carbocycles. The van der Waals surface area contributed by atoms with E-state index in [0.717, 1.165) is 5.56 Å². The van der Waals surface area contributed by atoms with Crippen molar-refractivity contribution >= 4 is 5.91 Å². The number of hydrogen-bond donors (Lipinski definition) is 1. The molecule has 2 aromatic heterocycles. The molecule has 0 saturated heterocycles. The maximum Gasteiger partial charge on any atom is 0.258 e. The molecule has 0 radical (unpaired) electrons. The molecule has 6 nitrogen and oxygen atoms in total. The van der Waals surface area contributed by atoms with E-state index in [2.05, 4.69) is 15.4 Å². The van der Waals surface area contributed by atoms with E-state index >= 15 is 0 Å². The van der Waals surface area contributed by atoms with Crippen LogP contribution in [0.4, 0.5) is 0 Å². The quantitative estimate of drug-likeness (QED) is 0.874. The number of pyridine rings is 1. The Morgan fingerprint density at radius 3 is 3.10 bits per heavy atom. The Labute approximate surface area is 123 Å². The van der Waals surface area contributed by atoms with Crippen LogP contribution in [0.5, 0.6) is 5.88 Å². The van der Waals surface area contributed by atoms with E-state index in [1.807, 2.05) is 12.1 Å². The molecule has 1 aliphatic rings. The number of nitrogens with zero attached hydrogens (tertiary/aromatic N) is 3. The molecular weight excluding hydrogens is 268 g/mol. The van der Waals surface area contributed by atoms with Crippen molar-refractivity contribution in [2.75, 3.05) is 6.61 Å². The number of aryl methyl sites for hydroxylation is 1. The molecule has 2 aromatic rings. The fourth-order valence-electron chi connectivity index (χ4n) is 1.99. The first-order chi connectivity index (χ1) is 10.2. The molecule has 6 heteroatoms. The summed E-state index contributed by atoms with van der Waals surface area (Å²) in [6.07, 6.45) is 7.52. The van der Waals surface area contributed by atoms with Gasteiger partial charge in [-0.25, -0.2) is 0 Å². The van der Waals surface area contributed by atoms with E-state index in [-0.39, 0.29) is 5.91 Å². The van der Waals surface area contributed by atoms with Crippen molar-refractivity contribution in [3.8, 4) is 5.88 Å². The van der Waals surface area contributed by atoms with Gasteiger partial charge < -0.3 is 10.1 Å². The van der Waals surface area contributed by atoms with E-state index in [1.54, 1.807) is 30.3 Å². The van der Waals surface area contributed by atoms with Crippen LogP contribution in [-0.2, 0) is 13.6 Å². The molecule has 0 unspecified atom stereocenters. The second-order valence-corrected chi connectivity index (χ2v) is 5.32. The summed E-state index contributed by atoms with van der Waals surface area (Å²) in [6.45, 7) is 1.07. The van der Waals surface area contributed by atoms with Crippen molar-refractivity contribution in [2.45, 2.75) is 19.4 Å². The average Bonchev–Trinajstić information content (AvgIpc) is 3.25. The summed E-state index contributed by atoms with van der Waals surface area (Å²) in [4.78, 5) is 16.3. The van der Waals surface area contributed by atoms with Gasteiger partial charge in [-0.3, -0.25) is 14.5 Å². The van der Waals surface area contributed by atoms with Gasteiger partial charge in [0.1, 0.15) is 5.56 Å². The third-order valence-electron chi connectivity index (χ3n) is 3.37. The van der Waals surface area contributed by atoms with Gasteiger partial charge in [0.2, 0.25) is 5.88 Å². The van der Waals surface area contributed by atoms with Crippen molar-refractivity contribution in [1.82, 2.24) is 20.1 Å². The smallest absolute Gasteiger partial charge is 0.258 e. The van der Waals surface area contributed by atoms with Gasteiger partial charge in [-0.15, -0.1) is 5.10 Å². The van der Waals surface area contributed by atoms with E-state index in [4.69, 9.17) is 4.74 Å². The minimum atomic E-state index is -0.183. The van der Waals surface area contributed by atoms with Crippen molar-refractivity contribution in [1.29, 1.82) is 0 Å². The van der Waals surface area contributed by atoms with E-state index < -0.39 is 0 Å². The third kappa shape index (κ3) is 3.59. The number of nitrogens with one attached hydrogen (secondary N) is 1. The summed E-state index contributed by atoms with van der Waals surface area (Å²) in [5.74, 6) is 0.851. The second kappa shape index (κ2) is 5.95. The SMILES string of the molecule is Cn1cc(C(=O)NCc2cccnc2)c(OCC2CC2)n1. The highest BCUT2D eigenvalue weighted by Crippen LogP contribution is 2.29. The Hall–Kier alpha value is -2.37. The summed E-state index contributed by atoms with van der Waals surface area (Å²) in [5, 5.41) is 7.07. The van der Waals surface area contributed by atoms with E-state index in [1.165, 1.54) is 12.8 Å².